The van der Waals surface area contributed by atoms with Crippen LogP contribution in [0, 0.1) is 5.41 Å². The number of alkyl halides is 1. The zero-order valence-electron chi connectivity index (χ0n) is 11.1. The van der Waals surface area contributed by atoms with Crippen LogP contribution in [0.1, 0.15) is 26.7 Å². The molecule has 0 aliphatic rings. The Balaban J connectivity index is 2.68. The normalized spacial score (nSPS) is 12.6. The van der Waals surface area contributed by atoms with E-state index < -0.39 is 10.0 Å². The highest BCUT2D eigenvalue weighted by atomic mass is 79.9. The molecule has 0 saturated carbocycles. The van der Waals surface area contributed by atoms with Crippen molar-refractivity contribution in [2.45, 2.75) is 31.6 Å². The van der Waals surface area contributed by atoms with Gasteiger partial charge in [-0.3, -0.25) is 0 Å². The molecular weight excluding hydrogens is 350 g/mol. The minimum atomic E-state index is -3.44. The second kappa shape index (κ2) is 7.07. The molecule has 0 spiro atoms. The van der Waals surface area contributed by atoms with Crippen molar-refractivity contribution in [3.8, 4) is 0 Å². The molecule has 1 aromatic rings. The van der Waals surface area contributed by atoms with Crippen LogP contribution in [0.15, 0.2) is 33.6 Å². The van der Waals surface area contributed by atoms with Crippen molar-refractivity contribution in [2.75, 3.05) is 12.4 Å². The second-order valence-electron chi connectivity index (χ2n) is 5.24. The van der Waals surface area contributed by atoms with Crippen molar-refractivity contribution < 1.29 is 8.42 Å². The Bertz CT molecular complexity index is 500. The van der Waals surface area contributed by atoms with Crippen molar-refractivity contribution >= 4 is 37.6 Å². The van der Waals surface area contributed by atoms with E-state index in [4.69, 9.17) is 11.6 Å². The van der Waals surface area contributed by atoms with E-state index in [0.717, 1.165) is 17.3 Å². The third-order valence-corrected chi connectivity index (χ3v) is 5.06. The lowest BCUT2D eigenvalue weighted by atomic mass is 9.88. The van der Waals surface area contributed by atoms with Gasteiger partial charge in [-0.25, -0.2) is 13.1 Å². The first-order valence-corrected chi connectivity index (χ1v) is 8.89. The number of benzene rings is 1. The highest BCUT2D eigenvalue weighted by Crippen LogP contribution is 2.22. The summed E-state index contributed by atoms with van der Waals surface area (Å²) >= 11 is 8.95. The molecule has 0 aliphatic carbocycles. The van der Waals surface area contributed by atoms with Crippen LogP contribution in [0.2, 0.25) is 0 Å². The number of halogens is 2. The van der Waals surface area contributed by atoms with Crippen molar-refractivity contribution in [3.63, 3.8) is 0 Å². The predicted molar refractivity (Wildman–Crippen MR) is 83.1 cm³/mol. The molecule has 1 N–H and O–H groups in total. The van der Waals surface area contributed by atoms with E-state index >= 15 is 0 Å². The summed E-state index contributed by atoms with van der Waals surface area (Å²) < 4.78 is 27.7. The Morgan fingerprint density at radius 1 is 1.26 bits per heavy atom. The smallest absolute Gasteiger partial charge is 0.211 e. The Kier molecular flexibility index (Phi) is 6.30. The van der Waals surface area contributed by atoms with E-state index in [1.807, 2.05) is 13.8 Å². The molecule has 0 amide bonds. The molecule has 0 heterocycles. The molecule has 1 aromatic carbocycles. The van der Waals surface area contributed by atoms with Gasteiger partial charge in [-0.15, -0.1) is 11.6 Å². The summed E-state index contributed by atoms with van der Waals surface area (Å²) in [5.74, 6) is 0.600. The lowest BCUT2D eigenvalue weighted by Gasteiger charge is -2.24. The molecular formula is C13H19BrClNO2S. The molecule has 0 aromatic heterocycles. The Hall–Kier alpha value is -0.100. The molecule has 0 radical (unpaired) electrons. The molecule has 6 heteroatoms. The van der Waals surface area contributed by atoms with Gasteiger partial charge in [0.05, 0.1) is 4.90 Å². The first-order chi connectivity index (χ1) is 8.77. The minimum absolute atomic E-state index is 0.0999. The van der Waals surface area contributed by atoms with Crippen LogP contribution >= 0.6 is 27.5 Å². The SMILES string of the molecule is CC(C)(CCCCl)CNS(=O)(=O)c1ccc(Br)cc1. The predicted octanol–water partition coefficient (Wildman–Crippen LogP) is 3.77. The number of hydrogen-bond donors (Lipinski definition) is 1. The molecule has 0 saturated heterocycles. The van der Waals surface area contributed by atoms with Gasteiger partial charge in [-0.05, 0) is 42.5 Å². The fraction of sp³-hybridized carbons (Fsp3) is 0.538. The molecule has 0 bridgehead atoms. The maximum atomic E-state index is 12.1. The zero-order valence-corrected chi connectivity index (χ0v) is 14.3. The van der Waals surface area contributed by atoms with Gasteiger partial charge in [-0.1, -0.05) is 29.8 Å². The Morgan fingerprint density at radius 3 is 2.37 bits per heavy atom. The fourth-order valence-electron chi connectivity index (χ4n) is 1.62. The van der Waals surface area contributed by atoms with E-state index in [1.54, 1.807) is 24.3 Å². The Morgan fingerprint density at radius 2 is 1.84 bits per heavy atom. The lowest BCUT2D eigenvalue weighted by Crippen LogP contribution is -2.34. The van der Waals surface area contributed by atoms with Gasteiger partial charge in [-0.2, -0.15) is 0 Å². The first kappa shape index (κ1) is 17.0. The average molecular weight is 369 g/mol. The summed E-state index contributed by atoms with van der Waals surface area (Å²) in [5, 5.41) is 0. The standard InChI is InChI=1S/C13H19BrClNO2S/c1-13(2,8-3-9-15)10-16-19(17,18)12-6-4-11(14)5-7-12/h4-7,16H,3,8-10H2,1-2H3. The van der Waals surface area contributed by atoms with Crippen LogP contribution < -0.4 is 4.72 Å². The highest BCUT2D eigenvalue weighted by Gasteiger charge is 2.21. The number of hydrogen-bond acceptors (Lipinski definition) is 2. The topological polar surface area (TPSA) is 46.2 Å². The summed E-state index contributed by atoms with van der Waals surface area (Å²) in [5.41, 5.74) is -0.0999. The minimum Gasteiger partial charge on any atom is -0.211 e. The molecule has 108 valence electrons. The third kappa shape index (κ3) is 5.81. The van der Waals surface area contributed by atoms with Gasteiger partial charge < -0.3 is 0 Å². The van der Waals surface area contributed by atoms with Crippen molar-refractivity contribution in [1.82, 2.24) is 4.72 Å². The lowest BCUT2D eigenvalue weighted by molar-refractivity contribution is 0.331. The quantitative estimate of drug-likeness (QED) is 0.745. The van der Waals surface area contributed by atoms with E-state index in [-0.39, 0.29) is 10.3 Å². The zero-order chi connectivity index (χ0) is 14.5. The van der Waals surface area contributed by atoms with Crippen molar-refractivity contribution in [2.24, 2.45) is 5.41 Å². The van der Waals surface area contributed by atoms with Gasteiger partial charge in [0, 0.05) is 16.9 Å². The molecule has 19 heavy (non-hydrogen) atoms. The average Bonchev–Trinajstić information content (AvgIpc) is 2.35. The maximum absolute atomic E-state index is 12.1. The summed E-state index contributed by atoms with van der Waals surface area (Å²) in [6, 6.07) is 6.59. The van der Waals surface area contributed by atoms with E-state index in [2.05, 4.69) is 20.7 Å². The molecule has 0 unspecified atom stereocenters. The molecule has 1 rings (SSSR count). The Labute approximate surface area is 128 Å². The van der Waals surface area contributed by atoms with Crippen LogP contribution in [-0.4, -0.2) is 20.8 Å². The largest absolute Gasteiger partial charge is 0.240 e. The monoisotopic (exact) mass is 367 g/mol. The highest BCUT2D eigenvalue weighted by molar-refractivity contribution is 9.10. The third-order valence-electron chi connectivity index (χ3n) is 2.85. The summed E-state index contributed by atoms with van der Waals surface area (Å²) in [6.45, 7) is 4.47. The van der Waals surface area contributed by atoms with E-state index in [9.17, 15) is 8.42 Å². The van der Waals surface area contributed by atoms with Crippen molar-refractivity contribution in [1.29, 1.82) is 0 Å². The fourth-order valence-corrected chi connectivity index (χ4v) is 3.26. The van der Waals surface area contributed by atoms with Crippen LogP contribution in [-0.2, 0) is 10.0 Å². The summed E-state index contributed by atoms with van der Waals surface area (Å²) in [4.78, 5) is 0.281. The maximum Gasteiger partial charge on any atom is 0.240 e. The van der Waals surface area contributed by atoms with E-state index in [0.29, 0.717) is 12.4 Å². The van der Waals surface area contributed by atoms with Crippen LogP contribution in [0.3, 0.4) is 0 Å². The van der Waals surface area contributed by atoms with Crippen LogP contribution in [0.25, 0.3) is 0 Å². The van der Waals surface area contributed by atoms with Gasteiger partial charge >= 0.3 is 0 Å². The van der Waals surface area contributed by atoms with Gasteiger partial charge in [0.15, 0.2) is 0 Å². The van der Waals surface area contributed by atoms with Gasteiger partial charge in [0.2, 0.25) is 10.0 Å². The summed E-state index contributed by atoms with van der Waals surface area (Å²) in [7, 11) is -3.44. The number of sulfonamides is 1. The summed E-state index contributed by atoms with van der Waals surface area (Å²) in [6.07, 6.45) is 1.77. The van der Waals surface area contributed by atoms with Crippen molar-refractivity contribution in [3.05, 3.63) is 28.7 Å². The van der Waals surface area contributed by atoms with E-state index in [1.165, 1.54) is 0 Å². The number of rotatable bonds is 7. The van der Waals surface area contributed by atoms with Gasteiger partial charge in [0.25, 0.3) is 0 Å². The number of nitrogens with one attached hydrogen (secondary N) is 1. The van der Waals surface area contributed by atoms with Crippen LogP contribution in [0.5, 0.6) is 0 Å². The second-order valence-corrected chi connectivity index (χ2v) is 8.30. The first-order valence-electron chi connectivity index (χ1n) is 6.08. The molecule has 0 atom stereocenters. The van der Waals surface area contributed by atoms with Crippen LogP contribution in [0.4, 0.5) is 0 Å². The molecule has 0 aliphatic heterocycles. The molecule has 3 nitrogen and oxygen atoms in total. The molecule has 0 fully saturated rings. The van der Waals surface area contributed by atoms with Gasteiger partial charge in [0.1, 0.15) is 0 Å².